The van der Waals surface area contributed by atoms with E-state index in [1.54, 1.807) is 0 Å². The topological polar surface area (TPSA) is 23.0 Å². The van der Waals surface area contributed by atoms with Crippen molar-refractivity contribution in [3.05, 3.63) is 182 Å². The van der Waals surface area contributed by atoms with E-state index in [0.29, 0.717) is 0 Å². The van der Waals surface area contributed by atoms with Gasteiger partial charge in [0.2, 0.25) is 0 Å². The first kappa shape index (κ1) is 28.0. The van der Waals surface area contributed by atoms with E-state index in [2.05, 4.69) is 179 Å². The van der Waals surface area contributed by atoms with Crippen molar-refractivity contribution in [2.45, 2.75) is 0 Å². The first-order valence-electron chi connectivity index (χ1n) is 17.4. The van der Waals surface area contributed by atoms with Crippen LogP contribution in [0.3, 0.4) is 0 Å². The Morgan fingerprint density at radius 3 is 1.71 bits per heavy atom. The number of hydrogen-bond acceptors (Lipinski definition) is 1. The zero-order valence-electron chi connectivity index (χ0n) is 27.6. The zero-order valence-corrected chi connectivity index (χ0v) is 27.6. The van der Waals surface area contributed by atoms with Gasteiger partial charge in [-0.2, -0.15) is 0 Å². The number of para-hydroxylation sites is 4. The normalized spacial score (nSPS) is 11.9. The number of nitrogens with zero attached hydrogens (tertiary/aromatic N) is 2. The van der Waals surface area contributed by atoms with Crippen LogP contribution in [0.4, 0.5) is 0 Å². The molecule has 3 aromatic heterocycles. The van der Waals surface area contributed by atoms with Gasteiger partial charge in [0.05, 0.1) is 22.1 Å². The molecular weight excluding hydrogens is 621 g/mol. The number of fused-ring (bicyclic) bond motifs is 10. The summed E-state index contributed by atoms with van der Waals surface area (Å²) in [4.78, 5) is 0. The molecule has 0 radical (unpaired) electrons. The Kier molecular flexibility index (Phi) is 5.96. The SMILES string of the molecule is c1ccc(-c2ccc(-n3c4ccccc4c4c3ccc3c5ccccc5n(-c5ccc(-c6cccc7c6oc6ccccc67)cc5)c34)cc2)cc1. The van der Waals surface area contributed by atoms with Crippen molar-refractivity contribution in [2.24, 2.45) is 0 Å². The van der Waals surface area contributed by atoms with Crippen LogP contribution in [-0.2, 0) is 0 Å². The maximum atomic E-state index is 6.41. The second-order valence-corrected chi connectivity index (χ2v) is 13.3. The van der Waals surface area contributed by atoms with Gasteiger partial charge in [-0.25, -0.2) is 0 Å². The minimum atomic E-state index is 0.914. The zero-order chi connectivity index (χ0) is 33.5. The Hall–Kier alpha value is -6.84. The molecule has 0 unspecified atom stereocenters. The van der Waals surface area contributed by atoms with Crippen LogP contribution in [0.5, 0.6) is 0 Å². The molecule has 0 aliphatic rings. The average Bonchev–Trinajstić information content (AvgIpc) is 3.86. The van der Waals surface area contributed by atoms with Crippen molar-refractivity contribution in [3.63, 3.8) is 0 Å². The molecule has 0 N–H and O–H groups in total. The molecule has 0 aliphatic carbocycles. The van der Waals surface area contributed by atoms with E-state index in [0.717, 1.165) is 44.4 Å². The van der Waals surface area contributed by atoms with Gasteiger partial charge >= 0.3 is 0 Å². The Morgan fingerprint density at radius 1 is 0.333 bits per heavy atom. The molecular formula is C48H30N2O. The Labute approximate surface area is 293 Å². The van der Waals surface area contributed by atoms with Gasteiger partial charge in [0.15, 0.2) is 0 Å². The molecule has 11 aromatic rings. The number of hydrogen-bond donors (Lipinski definition) is 0. The lowest BCUT2D eigenvalue weighted by molar-refractivity contribution is 0.670. The third-order valence-electron chi connectivity index (χ3n) is 10.5. The molecule has 3 heteroatoms. The number of furan rings is 1. The standard InChI is InChI=1S/C48H30N2O/c1-2-11-31(12-3-1)32-21-25-34(26-22-32)49-43-19-8-5-15-41(43)46-44(49)30-29-39-37-13-4-7-18-42(37)50(47(39)46)35-27-23-33(24-28-35)36-16-10-17-40-38-14-6-9-20-45(38)51-48(36)40/h1-30H. The Balaban J connectivity index is 1.13. The van der Waals surface area contributed by atoms with Gasteiger partial charge in [0.25, 0.3) is 0 Å². The van der Waals surface area contributed by atoms with Crippen LogP contribution >= 0.6 is 0 Å². The summed E-state index contributed by atoms with van der Waals surface area (Å²) < 4.78 is 11.3. The van der Waals surface area contributed by atoms with Gasteiger partial charge in [0, 0.05) is 49.3 Å². The minimum absolute atomic E-state index is 0.914. The van der Waals surface area contributed by atoms with E-state index in [9.17, 15) is 0 Å². The monoisotopic (exact) mass is 650 g/mol. The lowest BCUT2D eigenvalue weighted by Crippen LogP contribution is -1.95. The van der Waals surface area contributed by atoms with E-state index in [1.165, 1.54) is 54.7 Å². The first-order valence-corrected chi connectivity index (χ1v) is 17.4. The van der Waals surface area contributed by atoms with Crippen molar-refractivity contribution >= 4 is 65.6 Å². The molecule has 0 amide bonds. The second kappa shape index (κ2) is 10.8. The van der Waals surface area contributed by atoms with Crippen molar-refractivity contribution < 1.29 is 4.42 Å². The minimum Gasteiger partial charge on any atom is -0.455 e. The van der Waals surface area contributed by atoms with Gasteiger partial charge in [-0.05, 0) is 65.2 Å². The summed E-state index contributed by atoms with van der Waals surface area (Å²) in [5, 5.41) is 7.27. The van der Waals surface area contributed by atoms with Crippen molar-refractivity contribution in [2.75, 3.05) is 0 Å². The summed E-state index contributed by atoms with van der Waals surface area (Å²) in [7, 11) is 0. The molecule has 8 aromatic carbocycles. The number of rotatable bonds is 4. The molecule has 3 heterocycles. The summed E-state index contributed by atoms with van der Waals surface area (Å²) in [6.45, 7) is 0. The van der Waals surface area contributed by atoms with Crippen molar-refractivity contribution in [1.82, 2.24) is 9.13 Å². The Bertz CT molecular complexity index is 3100. The lowest BCUT2D eigenvalue weighted by Gasteiger charge is -2.11. The summed E-state index contributed by atoms with van der Waals surface area (Å²) >= 11 is 0. The quantitative estimate of drug-likeness (QED) is 0.186. The fourth-order valence-electron chi connectivity index (χ4n) is 8.25. The fourth-order valence-corrected chi connectivity index (χ4v) is 8.25. The predicted molar refractivity (Wildman–Crippen MR) is 213 cm³/mol. The van der Waals surface area contributed by atoms with Gasteiger partial charge in [0.1, 0.15) is 11.2 Å². The summed E-state index contributed by atoms with van der Waals surface area (Å²) in [6.07, 6.45) is 0. The summed E-state index contributed by atoms with van der Waals surface area (Å²) in [5.41, 5.74) is 13.6. The van der Waals surface area contributed by atoms with Crippen molar-refractivity contribution in [1.29, 1.82) is 0 Å². The van der Waals surface area contributed by atoms with E-state index >= 15 is 0 Å². The van der Waals surface area contributed by atoms with Crippen LogP contribution in [0.15, 0.2) is 186 Å². The second-order valence-electron chi connectivity index (χ2n) is 13.3. The van der Waals surface area contributed by atoms with E-state index < -0.39 is 0 Å². The Morgan fingerprint density at radius 2 is 0.922 bits per heavy atom. The first-order chi connectivity index (χ1) is 25.3. The average molecular weight is 651 g/mol. The van der Waals surface area contributed by atoms with Gasteiger partial charge in [-0.3, -0.25) is 0 Å². The van der Waals surface area contributed by atoms with Crippen LogP contribution in [-0.4, -0.2) is 9.13 Å². The van der Waals surface area contributed by atoms with Crippen molar-refractivity contribution in [3.8, 4) is 33.6 Å². The molecule has 0 spiro atoms. The molecule has 3 nitrogen and oxygen atoms in total. The molecule has 11 rings (SSSR count). The van der Waals surface area contributed by atoms with Gasteiger partial charge < -0.3 is 13.6 Å². The van der Waals surface area contributed by atoms with Gasteiger partial charge in [-0.1, -0.05) is 133 Å². The van der Waals surface area contributed by atoms with E-state index in [4.69, 9.17) is 4.42 Å². The van der Waals surface area contributed by atoms with Gasteiger partial charge in [-0.15, -0.1) is 0 Å². The highest BCUT2D eigenvalue weighted by Gasteiger charge is 2.21. The molecule has 0 aliphatic heterocycles. The number of aromatic nitrogens is 2. The molecule has 0 saturated carbocycles. The van der Waals surface area contributed by atoms with Crippen LogP contribution < -0.4 is 0 Å². The molecule has 238 valence electrons. The third kappa shape index (κ3) is 4.12. The smallest absolute Gasteiger partial charge is 0.143 e. The van der Waals surface area contributed by atoms with Crippen LogP contribution in [0, 0.1) is 0 Å². The molecule has 0 saturated heterocycles. The highest BCUT2D eigenvalue weighted by Crippen LogP contribution is 2.43. The fraction of sp³-hybridized carbons (Fsp3) is 0. The predicted octanol–water partition coefficient (Wildman–Crippen LogP) is 13.1. The highest BCUT2D eigenvalue weighted by molar-refractivity contribution is 6.26. The van der Waals surface area contributed by atoms with Crippen LogP contribution in [0.25, 0.3) is 99.2 Å². The summed E-state index contributed by atoms with van der Waals surface area (Å²) in [5.74, 6) is 0. The maximum absolute atomic E-state index is 6.41. The molecule has 0 fully saturated rings. The molecule has 0 bridgehead atoms. The lowest BCUT2D eigenvalue weighted by atomic mass is 10.0. The largest absolute Gasteiger partial charge is 0.455 e. The highest BCUT2D eigenvalue weighted by atomic mass is 16.3. The third-order valence-corrected chi connectivity index (χ3v) is 10.5. The summed E-state index contributed by atoms with van der Waals surface area (Å²) in [6, 6.07) is 65.4. The van der Waals surface area contributed by atoms with Crippen LogP contribution in [0.2, 0.25) is 0 Å². The maximum Gasteiger partial charge on any atom is 0.143 e. The molecule has 0 atom stereocenters. The van der Waals surface area contributed by atoms with Crippen LogP contribution in [0.1, 0.15) is 0 Å². The molecule has 51 heavy (non-hydrogen) atoms. The van der Waals surface area contributed by atoms with E-state index in [-0.39, 0.29) is 0 Å². The number of benzene rings is 8. The van der Waals surface area contributed by atoms with E-state index in [1.807, 2.05) is 12.1 Å².